The zero-order valence-electron chi connectivity index (χ0n) is 13.3. The molecule has 0 aliphatic rings. The molecule has 0 radical (unpaired) electrons. The van der Waals surface area contributed by atoms with Crippen molar-refractivity contribution < 1.29 is 14.2 Å². The molecule has 0 aliphatic heterocycles. The van der Waals surface area contributed by atoms with Crippen molar-refractivity contribution in [2.24, 2.45) is 0 Å². The number of thioether (sulfide) groups is 1. The van der Waals surface area contributed by atoms with E-state index in [1.807, 2.05) is 29.6 Å². The first-order valence-corrected chi connectivity index (χ1v) is 9.05. The molecule has 124 valence electrons. The maximum atomic E-state index is 11.7. The van der Waals surface area contributed by atoms with Gasteiger partial charge in [0.15, 0.2) is 17.7 Å². The van der Waals surface area contributed by atoms with E-state index in [0.717, 1.165) is 21.0 Å². The Labute approximate surface area is 148 Å². The van der Waals surface area contributed by atoms with Crippen LogP contribution in [0, 0.1) is 5.21 Å². The monoisotopic (exact) mass is 360 g/mol. The summed E-state index contributed by atoms with van der Waals surface area (Å²) in [5.41, 5.74) is 1.92. The van der Waals surface area contributed by atoms with Gasteiger partial charge in [-0.2, -0.15) is 4.73 Å². The molecule has 0 saturated carbocycles. The molecule has 7 heteroatoms. The van der Waals surface area contributed by atoms with Gasteiger partial charge in [0.05, 0.1) is 19.9 Å². The first-order chi connectivity index (χ1) is 11.7. The quantitative estimate of drug-likeness (QED) is 0.381. The summed E-state index contributed by atoms with van der Waals surface area (Å²) in [6, 6.07) is 11.1. The van der Waals surface area contributed by atoms with Gasteiger partial charge in [-0.05, 0) is 36.0 Å². The summed E-state index contributed by atoms with van der Waals surface area (Å²) >= 11 is 3.04. The van der Waals surface area contributed by atoms with Gasteiger partial charge < -0.3 is 14.7 Å². The van der Waals surface area contributed by atoms with Gasteiger partial charge in [-0.3, -0.25) is 0 Å². The van der Waals surface area contributed by atoms with E-state index in [0.29, 0.717) is 22.3 Å². The van der Waals surface area contributed by atoms with E-state index in [1.54, 1.807) is 37.7 Å². The molecule has 3 rings (SSSR count). The number of hydrogen-bond acceptors (Lipinski definition) is 6. The number of nitrogens with zero attached hydrogens (tertiary/aromatic N) is 2. The summed E-state index contributed by atoms with van der Waals surface area (Å²) in [4.78, 5) is 4.65. The molecule has 0 amide bonds. The molecule has 0 N–H and O–H groups in total. The van der Waals surface area contributed by atoms with Crippen LogP contribution in [0.4, 0.5) is 0 Å². The Morgan fingerprint density at radius 1 is 1.17 bits per heavy atom. The molecule has 0 aliphatic carbocycles. The van der Waals surface area contributed by atoms with E-state index in [1.165, 1.54) is 18.0 Å². The fraction of sp³-hybridized carbons (Fsp3) is 0.176. The smallest absolute Gasteiger partial charge is 0.251 e. The highest BCUT2D eigenvalue weighted by molar-refractivity contribution is 7.98. The van der Waals surface area contributed by atoms with E-state index in [-0.39, 0.29) is 0 Å². The second kappa shape index (κ2) is 7.55. The summed E-state index contributed by atoms with van der Waals surface area (Å²) < 4.78 is 11.5. The maximum absolute atomic E-state index is 11.7. The fourth-order valence-electron chi connectivity index (χ4n) is 2.15. The molecule has 24 heavy (non-hydrogen) atoms. The standard InChI is InChI=1S/C17H16N2O3S2/c1-21-14-7-6-12(9-15(14)22-2)17-18-13(11-24-17)10-23-16-5-3-4-8-19(16)20/h3-9,11H,10H2,1-2H3. The second-order valence-electron chi connectivity index (χ2n) is 4.87. The van der Waals surface area contributed by atoms with Crippen molar-refractivity contribution in [2.75, 3.05) is 14.2 Å². The minimum absolute atomic E-state index is 0.649. The third-order valence-electron chi connectivity index (χ3n) is 3.34. The molecule has 5 nitrogen and oxygen atoms in total. The molecule has 2 aromatic heterocycles. The second-order valence-corrected chi connectivity index (χ2v) is 6.72. The number of methoxy groups -OCH3 is 2. The zero-order valence-corrected chi connectivity index (χ0v) is 14.9. The zero-order chi connectivity index (χ0) is 16.9. The lowest BCUT2D eigenvalue weighted by Gasteiger charge is -2.08. The van der Waals surface area contributed by atoms with Crippen molar-refractivity contribution in [3.8, 4) is 22.1 Å². The third-order valence-corrected chi connectivity index (χ3v) is 5.33. The molecular formula is C17H16N2O3S2. The maximum Gasteiger partial charge on any atom is 0.251 e. The molecule has 0 unspecified atom stereocenters. The lowest BCUT2D eigenvalue weighted by Crippen LogP contribution is -2.27. The summed E-state index contributed by atoms with van der Waals surface area (Å²) in [6.45, 7) is 0. The topological polar surface area (TPSA) is 58.3 Å². The van der Waals surface area contributed by atoms with Crippen molar-refractivity contribution >= 4 is 23.1 Å². The van der Waals surface area contributed by atoms with Gasteiger partial charge in [0.25, 0.3) is 5.03 Å². The van der Waals surface area contributed by atoms with Gasteiger partial charge >= 0.3 is 0 Å². The van der Waals surface area contributed by atoms with Crippen molar-refractivity contribution in [1.29, 1.82) is 0 Å². The van der Waals surface area contributed by atoms with Crippen LogP contribution in [0.25, 0.3) is 10.6 Å². The Kier molecular flexibility index (Phi) is 5.22. The lowest BCUT2D eigenvalue weighted by molar-refractivity contribution is -0.645. The Balaban J connectivity index is 1.75. The molecule has 1 aromatic carbocycles. The van der Waals surface area contributed by atoms with Crippen LogP contribution in [0.3, 0.4) is 0 Å². The van der Waals surface area contributed by atoms with Crippen LogP contribution in [-0.2, 0) is 5.75 Å². The molecule has 0 saturated heterocycles. The highest BCUT2D eigenvalue weighted by Crippen LogP contribution is 2.34. The summed E-state index contributed by atoms with van der Waals surface area (Å²) in [5, 5.41) is 15.2. The van der Waals surface area contributed by atoms with E-state index in [9.17, 15) is 5.21 Å². The predicted octanol–water partition coefficient (Wildman–Crippen LogP) is 3.75. The minimum atomic E-state index is 0.649. The largest absolute Gasteiger partial charge is 0.618 e. The van der Waals surface area contributed by atoms with Crippen LogP contribution >= 0.6 is 23.1 Å². The first-order valence-electron chi connectivity index (χ1n) is 7.19. The number of thiazole rings is 1. The van der Waals surface area contributed by atoms with Crippen LogP contribution < -0.4 is 14.2 Å². The molecule has 0 spiro atoms. The Bertz CT molecular complexity index is 836. The predicted molar refractivity (Wildman–Crippen MR) is 95.6 cm³/mol. The van der Waals surface area contributed by atoms with Crippen LogP contribution in [0.15, 0.2) is 53.0 Å². The van der Waals surface area contributed by atoms with Crippen molar-refractivity contribution in [3.05, 3.63) is 58.9 Å². The van der Waals surface area contributed by atoms with Crippen LogP contribution in [0.1, 0.15) is 5.69 Å². The van der Waals surface area contributed by atoms with E-state index >= 15 is 0 Å². The molecular weight excluding hydrogens is 344 g/mol. The van der Waals surface area contributed by atoms with Gasteiger partial charge in [0, 0.05) is 28.8 Å². The number of benzene rings is 1. The Hall–Kier alpha value is -2.25. The van der Waals surface area contributed by atoms with Gasteiger partial charge in [-0.15, -0.1) is 11.3 Å². The molecule has 0 atom stereocenters. The first kappa shape index (κ1) is 16.6. The number of pyridine rings is 1. The van der Waals surface area contributed by atoms with Gasteiger partial charge in [0.1, 0.15) is 5.01 Å². The van der Waals surface area contributed by atoms with Crippen LogP contribution in [-0.4, -0.2) is 19.2 Å². The van der Waals surface area contributed by atoms with Gasteiger partial charge in [-0.25, -0.2) is 4.98 Å². The molecule has 2 heterocycles. The van der Waals surface area contributed by atoms with Gasteiger partial charge in [-0.1, -0.05) is 0 Å². The Morgan fingerprint density at radius 3 is 2.75 bits per heavy atom. The van der Waals surface area contributed by atoms with E-state index in [2.05, 4.69) is 4.98 Å². The molecule has 0 fully saturated rings. The van der Waals surface area contributed by atoms with E-state index < -0.39 is 0 Å². The van der Waals surface area contributed by atoms with Crippen molar-refractivity contribution in [2.45, 2.75) is 10.8 Å². The Morgan fingerprint density at radius 2 is 2.00 bits per heavy atom. The highest BCUT2D eigenvalue weighted by Gasteiger charge is 2.11. The van der Waals surface area contributed by atoms with Crippen molar-refractivity contribution in [3.63, 3.8) is 0 Å². The third kappa shape index (κ3) is 3.63. The summed E-state index contributed by atoms with van der Waals surface area (Å²) in [5.74, 6) is 2.02. The van der Waals surface area contributed by atoms with Crippen LogP contribution in [0.2, 0.25) is 0 Å². The summed E-state index contributed by atoms with van der Waals surface area (Å²) in [6.07, 6.45) is 1.50. The minimum Gasteiger partial charge on any atom is -0.618 e. The molecule has 0 bridgehead atoms. The van der Waals surface area contributed by atoms with E-state index in [4.69, 9.17) is 9.47 Å². The average molecular weight is 360 g/mol. The fourth-order valence-corrected chi connectivity index (χ4v) is 3.88. The molecule has 3 aromatic rings. The van der Waals surface area contributed by atoms with Crippen LogP contribution in [0.5, 0.6) is 11.5 Å². The lowest BCUT2D eigenvalue weighted by atomic mass is 10.2. The van der Waals surface area contributed by atoms with Crippen molar-refractivity contribution in [1.82, 2.24) is 4.98 Å². The SMILES string of the molecule is COc1ccc(-c2nc(CSc3cccc[n+]3[O-])cs2)cc1OC. The number of rotatable bonds is 6. The van der Waals surface area contributed by atoms with Gasteiger partial charge in [0.2, 0.25) is 0 Å². The average Bonchev–Trinajstić information content (AvgIpc) is 3.09. The normalized spacial score (nSPS) is 10.6. The number of ether oxygens (including phenoxy) is 2. The number of aromatic nitrogens is 2. The highest BCUT2D eigenvalue weighted by atomic mass is 32.2. The summed E-state index contributed by atoms with van der Waals surface area (Å²) in [7, 11) is 3.23. The number of hydrogen-bond donors (Lipinski definition) is 0.